The average molecular weight is 568 g/mol. The minimum Gasteiger partial charge on any atom is -0.618 e. The quantitative estimate of drug-likeness (QED) is 0.216. The predicted molar refractivity (Wildman–Crippen MR) is 140 cm³/mol. The zero-order valence-corrected chi connectivity index (χ0v) is 22.0. The highest BCUT2D eigenvalue weighted by molar-refractivity contribution is 6.34. The molecular weight excluding hydrogens is 548 g/mol. The largest absolute Gasteiger partial charge is 0.618 e. The topological polar surface area (TPSA) is 123 Å². The van der Waals surface area contributed by atoms with Crippen molar-refractivity contribution in [1.29, 1.82) is 0 Å². The molecule has 4 heterocycles. The normalized spacial score (nSPS) is 14.1. The van der Waals surface area contributed by atoms with Gasteiger partial charge in [0, 0.05) is 36.5 Å². The molecule has 0 bridgehead atoms. The number of aromatic nitrogens is 9. The molecule has 11 nitrogen and oxygen atoms in total. The maximum absolute atomic E-state index is 15.3. The molecule has 0 N–H and O–H groups in total. The molecule has 0 spiro atoms. The molecule has 198 valence electrons. The van der Waals surface area contributed by atoms with Crippen LogP contribution in [0.5, 0.6) is 0 Å². The SMILES string of the molecule is Cn1ncc(-c2cnn(C(CC3CC3)c3cc(Cl)c(-c4c(-n5cnnn5)ccc(Cl)c4F)c[n+]3[O-])c2)cc1=O. The van der Waals surface area contributed by atoms with Gasteiger partial charge in [-0.3, -0.25) is 9.48 Å². The lowest BCUT2D eigenvalue weighted by molar-refractivity contribution is -0.615. The number of benzene rings is 1. The third kappa shape index (κ3) is 4.77. The number of halogens is 3. The molecule has 0 amide bonds. The first kappa shape index (κ1) is 25.1. The molecule has 1 aliphatic rings. The predicted octanol–water partition coefficient (Wildman–Crippen LogP) is 3.76. The number of pyridine rings is 1. The summed E-state index contributed by atoms with van der Waals surface area (Å²) in [6, 6.07) is 5.48. The number of nitrogens with zero attached hydrogens (tertiary/aromatic N) is 9. The van der Waals surface area contributed by atoms with E-state index >= 15 is 4.39 Å². The lowest BCUT2D eigenvalue weighted by atomic mass is 10.0. The highest BCUT2D eigenvalue weighted by atomic mass is 35.5. The van der Waals surface area contributed by atoms with Gasteiger partial charge in [0.2, 0.25) is 5.69 Å². The Kier molecular flexibility index (Phi) is 6.35. The van der Waals surface area contributed by atoms with Crippen LogP contribution in [0.3, 0.4) is 0 Å². The average Bonchev–Trinajstić information content (AvgIpc) is 3.35. The molecule has 6 rings (SSSR count). The maximum atomic E-state index is 15.3. The van der Waals surface area contributed by atoms with Crippen molar-refractivity contribution < 1.29 is 9.12 Å². The van der Waals surface area contributed by atoms with Gasteiger partial charge in [-0.1, -0.05) is 36.0 Å². The van der Waals surface area contributed by atoms with Gasteiger partial charge in [0.05, 0.1) is 39.3 Å². The summed E-state index contributed by atoms with van der Waals surface area (Å²) in [5, 5.41) is 33.1. The van der Waals surface area contributed by atoms with E-state index in [-0.39, 0.29) is 32.4 Å². The van der Waals surface area contributed by atoms with Crippen molar-refractivity contribution >= 4 is 23.2 Å². The van der Waals surface area contributed by atoms with E-state index < -0.39 is 11.9 Å². The van der Waals surface area contributed by atoms with Gasteiger partial charge in [0.25, 0.3) is 5.56 Å². The van der Waals surface area contributed by atoms with E-state index in [4.69, 9.17) is 23.2 Å². The standard InChI is InChI=1S/C25H20Cl2FN9O2/c1-34-23(38)7-15(9-30-34)16-10-31-35(11-16)21(6-14-2-3-14)22-8-19(27)17(12-37(22)39)24-20(36-13-29-32-33-36)5-4-18(26)25(24)28/h4-5,7-14,21H,2-3,6H2,1H3. The lowest BCUT2D eigenvalue weighted by Gasteiger charge is -2.19. The van der Waals surface area contributed by atoms with Crippen molar-refractivity contribution in [2.24, 2.45) is 13.0 Å². The summed E-state index contributed by atoms with van der Waals surface area (Å²) in [5.41, 5.74) is 1.80. The molecule has 39 heavy (non-hydrogen) atoms. The summed E-state index contributed by atoms with van der Waals surface area (Å²) in [6.45, 7) is 0. The van der Waals surface area contributed by atoms with Crippen LogP contribution >= 0.6 is 23.2 Å². The van der Waals surface area contributed by atoms with Gasteiger partial charge < -0.3 is 5.21 Å². The zero-order chi connectivity index (χ0) is 27.3. The van der Waals surface area contributed by atoms with Crippen LogP contribution in [0.15, 0.2) is 60.2 Å². The third-order valence-corrected chi connectivity index (χ3v) is 7.39. The van der Waals surface area contributed by atoms with Gasteiger partial charge in [-0.05, 0) is 34.9 Å². The van der Waals surface area contributed by atoms with Gasteiger partial charge in [-0.25, -0.2) is 9.07 Å². The number of aryl methyl sites for hydroxylation is 1. The van der Waals surface area contributed by atoms with Crippen LogP contribution in [0.4, 0.5) is 4.39 Å². The van der Waals surface area contributed by atoms with Gasteiger partial charge >= 0.3 is 0 Å². The second-order valence-corrected chi connectivity index (χ2v) is 10.2. The van der Waals surface area contributed by atoms with Crippen LogP contribution in [-0.2, 0) is 7.05 Å². The summed E-state index contributed by atoms with van der Waals surface area (Å²) in [5.74, 6) is -0.322. The van der Waals surface area contributed by atoms with E-state index in [1.165, 1.54) is 40.1 Å². The minimum atomic E-state index is -0.756. The molecule has 14 heteroatoms. The van der Waals surface area contributed by atoms with Crippen LogP contribution in [0.2, 0.25) is 10.0 Å². The van der Waals surface area contributed by atoms with Crippen molar-refractivity contribution in [2.75, 3.05) is 0 Å². The van der Waals surface area contributed by atoms with Crippen LogP contribution in [0, 0.1) is 16.9 Å². The Morgan fingerprint density at radius 1 is 1.15 bits per heavy atom. The fraction of sp³-hybridized carbons (Fsp3) is 0.240. The Morgan fingerprint density at radius 2 is 1.95 bits per heavy atom. The molecule has 1 saturated carbocycles. The van der Waals surface area contributed by atoms with Gasteiger partial charge in [-0.15, -0.1) is 5.10 Å². The Hall–Kier alpha value is -4.16. The molecule has 1 atom stereocenters. The Bertz CT molecular complexity index is 1750. The van der Waals surface area contributed by atoms with E-state index in [9.17, 15) is 10.0 Å². The van der Waals surface area contributed by atoms with E-state index in [1.807, 2.05) is 0 Å². The molecule has 5 aromatic rings. The van der Waals surface area contributed by atoms with Gasteiger partial charge in [0.15, 0.2) is 12.0 Å². The zero-order valence-electron chi connectivity index (χ0n) is 20.4. The van der Waals surface area contributed by atoms with Crippen molar-refractivity contribution in [3.05, 3.63) is 92.5 Å². The second kappa shape index (κ2) is 9.86. The van der Waals surface area contributed by atoms with Crippen molar-refractivity contribution in [3.8, 4) is 27.9 Å². The monoisotopic (exact) mass is 567 g/mol. The van der Waals surface area contributed by atoms with E-state index in [0.29, 0.717) is 33.9 Å². The van der Waals surface area contributed by atoms with Gasteiger partial charge in [-0.2, -0.15) is 19.6 Å². The summed E-state index contributed by atoms with van der Waals surface area (Å²) in [7, 11) is 1.57. The number of rotatable bonds is 7. The Labute approximate surface area is 230 Å². The van der Waals surface area contributed by atoms with Crippen molar-refractivity contribution in [2.45, 2.75) is 25.3 Å². The first-order valence-corrected chi connectivity index (χ1v) is 12.8. The summed E-state index contributed by atoms with van der Waals surface area (Å²) in [4.78, 5) is 12.1. The fourth-order valence-electron chi connectivity index (χ4n) is 4.53. The highest BCUT2D eigenvalue weighted by Crippen LogP contribution is 2.41. The van der Waals surface area contributed by atoms with E-state index in [2.05, 4.69) is 25.7 Å². The molecule has 0 saturated heterocycles. The van der Waals surface area contributed by atoms with E-state index in [1.54, 1.807) is 36.4 Å². The molecule has 0 aliphatic heterocycles. The van der Waals surface area contributed by atoms with Crippen molar-refractivity contribution in [3.63, 3.8) is 0 Å². The second-order valence-electron chi connectivity index (χ2n) is 9.41. The van der Waals surface area contributed by atoms with Crippen LogP contribution in [0.1, 0.15) is 31.0 Å². The number of tetrazole rings is 1. The third-order valence-electron chi connectivity index (χ3n) is 6.79. The molecule has 1 aliphatic carbocycles. The molecular formula is C25H20Cl2FN9O2. The molecule has 0 radical (unpaired) electrons. The van der Waals surface area contributed by atoms with Gasteiger partial charge in [0.1, 0.15) is 12.4 Å². The van der Waals surface area contributed by atoms with Crippen LogP contribution in [0.25, 0.3) is 27.9 Å². The first-order valence-electron chi connectivity index (χ1n) is 12.0. The molecule has 4 aromatic heterocycles. The molecule has 1 unspecified atom stereocenters. The highest BCUT2D eigenvalue weighted by Gasteiger charge is 2.33. The molecule has 1 aromatic carbocycles. The van der Waals surface area contributed by atoms with Crippen LogP contribution < -0.4 is 10.3 Å². The minimum absolute atomic E-state index is 0.00535. The lowest BCUT2D eigenvalue weighted by Crippen LogP contribution is -2.36. The number of hydrogen-bond acceptors (Lipinski definition) is 7. The fourth-order valence-corrected chi connectivity index (χ4v) is 4.94. The molecule has 1 fully saturated rings. The maximum Gasteiger partial charge on any atom is 0.267 e. The Morgan fingerprint density at radius 3 is 2.67 bits per heavy atom. The van der Waals surface area contributed by atoms with E-state index in [0.717, 1.165) is 12.8 Å². The summed E-state index contributed by atoms with van der Waals surface area (Å²) in [6.07, 6.45) is 10.3. The Balaban J connectivity index is 1.43. The smallest absolute Gasteiger partial charge is 0.267 e. The van der Waals surface area contributed by atoms with Crippen LogP contribution in [-0.4, -0.2) is 39.8 Å². The number of hydrogen-bond donors (Lipinski definition) is 0. The summed E-state index contributed by atoms with van der Waals surface area (Å²) < 4.78 is 20.2. The summed E-state index contributed by atoms with van der Waals surface area (Å²) >= 11 is 12.8. The first-order chi connectivity index (χ1) is 18.8. The van der Waals surface area contributed by atoms with Crippen molar-refractivity contribution in [1.82, 2.24) is 39.8 Å².